The summed E-state index contributed by atoms with van der Waals surface area (Å²) in [5.41, 5.74) is 13.0. The fraction of sp³-hybridized carbons (Fsp3) is 0.261. The van der Waals surface area contributed by atoms with E-state index in [4.69, 9.17) is 10.7 Å². The molecule has 3 N–H and O–H groups in total. The third kappa shape index (κ3) is 4.60. The Labute approximate surface area is 170 Å². The Bertz CT molecular complexity index is 1080. The Balaban J connectivity index is 1.56. The number of aromatic amines is 1. The van der Waals surface area contributed by atoms with Gasteiger partial charge in [0.15, 0.2) is 0 Å². The SMILES string of the molecule is CN(C)CCCc1cncc(-c2ccc(N)c(Cc3cc4ccncc4[nH]3)n2)c1. The van der Waals surface area contributed by atoms with Crippen LogP contribution in [0.3, 0.4) is 0 Å². The maximum Gasteiger partial charge on any atom is 0.0722 e. The van der Waals surface area contributed by atoms with Crippen LogP contribution < -0.4 is 5.73 Å². The molecular weight excluding hydrogens is 360 g/mol. The van der Waals surface area contributed by atoms with Crippen LogP contribution in [-0.4, -0.2) is 45.5 Å². The first-order valence-corrected chi connectivity index (χ1v) is 9.84. The fourth-order valence-electron chi connectivity index (χ4n) is 3.49. The number of aryl methyl sites for hydroxylation is 1. The first-order valence-electron chi connectivity index (χ1n) is 9.84. The van der Waals surface area contributed by atoms with Crippen LogP contribution in [0.4, 0.5) is 5.69 Å². The summed E-state index contributed by atoms with van der Waals surface area (Å²) >= 11 is 0. The summed E-state index contributed by atoms with van der Waals surface area (Å²) in [5.74, 6) is 0. The van der Waals surface area contributed by atoms with Gasteiger partial charge in [0.05, 0.1) is 28.8 Å². The maximum atomic E-state index is 6.22. The largest absolute Gasteiger partial charge is 0.397 e. The molecule has 0 bridgehead atoms. The van der Waals surface area contributed by atoms with Gasteiger partial charge in [-0.2, -0.15) is 0 Å². The van der Waals surface area contributed by atoms with Crippen molar-refractivity contribution < 1.29 is 0 Å². The lowest BCUT2D eigenvalue weighted by atomic mass is 10.1. The highest BCUT2D eigenvalue weighted by atomic mass is 15.0. The van der Waals surface area contributed by atoms with Crippen molar-refractivity contribution in [3.63, 3.8) is 0 Å². The minimum Gasteiger partial charge on any atom is -0.397 e. The lowest BCUT2D eigenvalue weighted by Crippen LogP contribution is -2.13. The quantitative estimate of drug-likeness (QED) is 0.506. The molecule has 0 spiro atoms. The molecule has 0 radical (unpaired) electrons. The molecule has 0 amide bonds. The summed E-state index contributed by atoms with van der Waals surface area (Å²) in [6, 6.07) is 10.2. The number of rotatable bonds is 7. The van der Waals surface area contributed by atoms with Gasteiger partial charge in [-0.05, 0) is 69.4 Å². The zero-order chi connectivity index (χ0) is 20.2. The third-order valence-corrected chi connectivity index (χ3v) is 5.01. The van der Waals surface area contributed by atoms with E-state index in [0.717, 1.165) is 52.9 Å². The van der Waals surface area contributed by atoms with Gasteiger partial charge in [-0.25, -0.2) is 0 Å². The van der Waals surface area contributed by atoms with Gasteiger partial charge >= 0.3 is 0 Å². The topological polar surface area (TPSA) is 83.7 Å². The van der Waals surface area contributed by atoms with Gasteiger partial charge in [0.1, 0.15) is 0 Å². The summed E-state index contributed by atoms with van der Waals surface area (Å²) in [6.45, 7) is 1.06. The molecule has 29 heavy (non-hydrogen) atoms. The van der Waals surface area contributed by atoms with Crippen molar-refractivity contribution in [1.82, 2.24) is 24.8 Å². The predicted octanol–water partition coefficient (Wildman–Crippen LogP) is 3.69. The van der Waals surface area contributed by atoms with Crippen LogP contribution >= 0.6 is 0 Å². The van der Waals surface area contributed by atoms with E-state index in [1.165, 1.54) is 5.56 Å². The van der Waals surface area contributed by atoms with Crippen molar-refractivity contribution in [3.8, 4) is 11.3 Å². The van der Waals surface area contributed by atoms with E-state index in [1.807, 2.05) is 36.8 Å². The van der Waals surface area contributed by atoms with Gasteiger partial charge < -0.3 is 15.6 Å². The molecule has 6 nitrogen and oxygen atoms in total. The number of hydrogen-bond acceptors (Lipinski definition) is 5. The maximum absolute atomic E-state index is 6.22. The molecule has 0 saturated carbocycles. The van der Waals surface area contributed by atoms with E-state index in [2.05, 4.69) is 46.1 Å². The van der Waals surface area contributed by atoms with Crippen molar-refractivity contribution in [2.24, 2.45) is 0 Å². The van der Waals surface area contributed by atoms with E-state index in [1.54, 1.807) is 6.20 Å². The lowest BCUT2D eigenvalue weighted by molar-refractivity contribution is 0.400. The van der Waals surface area contributed by atoms with Crippen molar-refractivity contribution in [3.05, 3.63) is 72.1 Å². The van der Waals surface area contributed by atoms with Crippen LogP contribution in [0.1, 0.15) is 23.4 Å². The smallest absolute Gasteiger partial charge is 0.0722 e. The van der Waals surface area contributed by atoms with Crippen LogP contribution in [0.2, 0.25) is 0 Å². The predicted molar refractivity (Wildman–Crippen MR) is 118 cm³/mol. The van der Waals surface area contributed by atoms with E-state index in [0.29, 0.717) is 12.1 Å². The molecule has 4 rings (SSSR count). The number of nitrogens with two attached hydrogens (primary N) is 1. The molecule has 4 heterocycles. The molecule has 6 heteroatoms. The molecule has 0 aliphatic heterocycles. The summed E-state index contributed by atoms with van der Waals surface area (Å²) < 4.78 is 0. The van der Waals surface area contributed by atoms with Crippen molar-refractivity contribution in [1.29, 1.82) is 0 Å². The Hall–Kier alpha value is -3.25. The zero-order valence-electron chi connectivity index (χ0n) is 16.9. The van der Waals surface area contributed by atoms with Crippen molar-refractivity contribution in [2.45, 2.75) is 19.3 Å². The van der Waals surface area contributed by atoms with Crippen LogP contribution in [0.25, 0.3) is 22.2 Å². The van der Waals surface area contributed by atoms with Gasteiger partial charge in [0.25, 0.3) is 0 Å². The number of hydrogen-bond donors (Lipinski definition) is 2. The van der Waals surface area contributed by atoms with Crippen LogP contribution in [0, 0.1) is 0 Å². The normalized spacial score (nSPS) is 11.4. The van der Waals surface area contributed by atoms with Crippen LogP contribution in [0.5, 0.6) is 0 Å². The first-order chi connectivity index (χ1) is 14.1. The molecule has 0 aliphatic carbocycles. The second kappa shape index (κ2) is 8.41. The Morgan fingerprint density at radius 2 is 1.93 bits per heavy atom. The highest BCUT2D eigenvalue weighted by Gasteiger charge is 2.09. The summed E-state index contributed by atoms with van der Waals surface area (Å²) in [6.07, 6.45) is 10.2. The third-order valence-electron chi connectivity index (χ3n) is 5.01. The number of pyridine rings is 3. The minimum absolute atomic E-state index is 0.643. The average Bonchev–Trinajstić information content (AvgIpc) is 3.12. The van der Waals surface area contributed by atoms with Gasteiger partial charge in [-0.1, -0.05) is 0 Å². The number of anilines is 1. The molecule has 148 valence electrons. The van der Waals surface area contributed by atoms with Gasteiger partial charge in [0.2, 0.25) is 0 Å². The highest BCUT2D eigenvalue weighted by Crippen LogP contribution is 2.23. The second-order valence-electron chi connectivity index (χ2n) is 7.66. The summed E-state index contributed by atoms with van der Waals surface area (Å²) in [7, 11) is 4.19. The second-order valence-corrected chi connectivity index (χ2v) is 7.66. The average molecular weight is 387 g/mol. The number of nitrogens with zero attached hydrogens (tertiary/aromatic N) is 4. The molecule has 0 aliphatic rings. The molecule has 0 fully saturated rings. The van der Waals surface area contributed by atoms with E-state index >= 15 is 0 Å². The first kappa shape index (κ1) is 19.1. The van der Waals surface area contributed by atoms with E-state index in [9.17, 15) is 0 Å². The Morgan fingerprint density at radius 1 is 1.03 bits per heavy atom. The molecule has 0 unspecified atom stereocenters. The molecular formula is C23H26N6. The zero-order valence-corrected chi connectivity index (χ0v) is 16.9. The standard InChI is InChI=1S/C23H26N6/c1-29(2)9-3-4-16-10-18(14-26-13-16)21-6-5-20(24)22(28-21)12-19-11-17-7-8-25-15-23(17)27-19/h5-8,10-11,13-15,27H,3-4,9,12,24H2,1-2H3. The van der Waals surface area contributed by atoms with Crippen LogP contribution in [0.15, 0.2) is 55.1 Å². The molecule has 0 aromatic carbocycles. The number of H-pyrrole nitrogens is 1. The minimum atomic E-state index is 0.643. The van der Waals surface area contributed by atoms with E-state index < -0.39 is 0 Å². The van der Waals surface area contributed by atoms with Gasteiger partial charge in [-0.3, -0.25) is 15.0 Å². The molecule has 4 aromatic heterocycles. The Kier molecular flexibility index (Phi) is 5.53. The monoisotopic (exact) mass is 386 g/mol. The number of fused-ring (bicyclic) bond motifs is 1. The summed E-state index contributed by atoms with van der Waals surface area (Å²) in [5, 5.41) is 1.14. The molecule has 4 aromatic rings. The van der Waals surface area contributed by atoms with Gasteiger partial charge in [-0.15, -0.1) is 0 Å². The van der Waals surface area contributed by atoms with Gasteiger partial charge in [0, 0.05) is 41.7 Å². The van der Waals surface area contributed by atoms with Crippen molar-refractivity contribution in [2.75, 3.05) is 26.4 Å². The number of aromatic nitrogens is 4. The van der Waals surface area contributed by atoms with Crippen LogP contribution in [-0.2, 0) is 12.8 Å². The highest BCUT2D eigenvalue weighted by molar-refractivity contribution is 5.79. The number of nitrogens with one attached hydrogen (secondary N) is 1. The van der Waals surface area contributed by atoms with E-state index in [-0.39, 0.29) is 0 Å². The molecule has 0 atom stereocenters. The fourth-order valence-corrected chi connectivity index (χ4v) is 3.49. The van der Waals surface area contributed by atoms with Crippen molar-refractivity contribution >= 4 is 16.6 Å². The molecule has 0 saturated heterocycles. The number of nitrogen functional groups attached to an aromatic ring is 1. The lowest BCUT2D eigenvalue weighted by Gasteiger charge is -2.10. The summed E-state index contributed by atoms with van der Waals surface area (Å²) in [4.78, 5) is 19.0. The Morgan fingerprint density at radius 3 is 2.76 bits per heavy atom.